The third kappa shape index (κ3) is 5.75. The van der Waals surface area contributed by atoms with Crippen molar-refractivity contribution in [2.24, 2.45) is 5.92 Å². The van der Waals surface area contributed by atoms with Gasteiger partial charge in [-0.15, -0.1) is 0 Å². The van der Waals surface area contributed by atoms with E-state index in [1.54, 1.807) is 30.3 Å². The van der Waals surface area contributed by atoms with Crippen molar-refractivity contribution < 1.29 is 14.1 Å². The highest BCUT2D eigenvalue weighted by molar-refractivity contribution is 6.42. The van der Waals surface area contributed by atoms with Gasteiger partial charge in [0.1, 0.15) is 12.2 Å². The van der Waals surface area contributed by atoms with E-state index in [0.29, 0.717) is 58.3 Å². The molecule has 2 aromatic carbocycles. The van der Waals surface area contributed by atoms with Gasteiger partial charge in [-0.3, -0.25) is 4.79 Å². The Balaban J connectivity index is 1.37. The number of aromatic nitrogens is 3. The molecule has 1 amide bonds. The van der Waals surface area contributed by atoms with Gasteiger partial charge in [0, 0.05) is 54.7 Å². The first kappa shape index (κ1) is 26.7. The van der Waals surface area contributed by atoms with Gasteiger partial charge in [0.2, 0.25) is 5.88 Å². The highest BCUT2D eigenvalue weighted by Gasteiger charge is 2.40. The van der Waals surface area contributed by atoms with Crippen LogP contribution in [0.25, 0.3) is 11.5 Å². The highest BCUT2D eigenvalue weighted by atomic mass is 35.5. The van der Waals surface area contributed by atoms with E-state index in [4.69, 9.17) is 37.7 Å². The topological polar surface area (TPSA) is 105 Å². The number of hydrogen-bond donors (Lipinski definition) is 0. The van der Waals surface area contributed by atoms with Crippen LogP contribution in [0.3, 0.4) is 0 Å². The van der Waals surface area contributed by atoms with E-state index in [-0.39, 0.29) is 23.8 Å². The van der Waals surface area contributed by atoms with E-state index >= 15 is 0 Å². The number of halogens is 2. The second-order valence-corrected chi connectivity index (χ2v) is 10.2. The Hall–Kier alpha value is -3.93. The molecule has 0 bridgehead atoms. The minimum absolute atomic E-state index is 0.0396. The molecule has 1 saturated heterocycles. The molecule has 5 rings (SSSR count). The number of ether oxygens (including phenoxy) is 1. The minimum atomic E-state index is -0.282. The van der Waals surface area contributed by atoms with Crippen LogP contribution in [0, 0.1) is 17.2 Å². The molecule has 0 spiro atoms. The first-order valence-electron chi connectivity index (χ1n) is 12.6. The molecule has 3 heterocycles. The number of pyridine rings is 1. The Morgan fingerprint density at radius 3 is 2.59 bits per heavy atom. The summed E-state index contributed by atoms with van der Waals surface area (Å²) in [7, 11) is 0. The molecular formula is C29H25Cl2N5O3. The molecule has 1 aliphatic heterocycles. The molecule has 39 heavy (non-hydrogen) atoms. The van der Waals surface area contributed by atoms with E-state index in [1.165, 1.54) is 6.20 Å². The zero-order chi connectivity index (χ0) is 27.5. The van der Waals surface area contributed by atoms with E-state index in [0.717, 1.165) is 11.1 Å². The number of rotatable bonds is 7. The summed E-state index contributed by atoms with van der Waals surface area (Å²) in [5.74, 6) is 1.30. The van der Waals surface area contributed by atoms with Gasteiger partial charge in [0.05, 0.1) is 15.6 Å². The summed E-state index contributed by atoms with van der Waals surface area (Å²) in [6, 6.07) is 18.1. The number of nitrogens with zero attached hydrogens (tertiary/aromatic N) is 5. The van der Waals surface area contributed by atoms with Crippen LogP contribution in [0.1, 0.15) is 47.1 Å². The van der Waals surface area contributed by atoms with Crippen molar-refractivity contribution in [1.29, 1.82) is 5.26 Å². The van der Waals surface area contributed by atoms with Crippen molar-refractivity contribution in [3.8, 4) is 23.4 Å². The monoisotopic (exact) mass is 561 g/mol. The first-order chi connectivity index (χ1) is 18.9. The normalized spacial score (nSPS) is 17.6. The molecule has 1 fully saturated rings. The highest BCUT2D eigenvalue weighted by Crippen LogP contribution is 2.39. The van der Waals surface area contributed by atoms with Crippen LogP contribution in [-0.2, 0) is 6.42 Å². The van der Waals surface area contributed by atoms with Gasteiger partial charge in [-0.05, 0) is 55.0 Å². The second kappa shape index (κ2) is 11.4. The molecule has 8 nitrogen and oxygen atoms in total. The zero-order valence-electron chi connectivity index (χ0n) is 21.3. The average Bonchev–Trinajstić information content (AvgIpc) is 3.63. The number of hydrogen-bond acceptors (Lipinski definition) is 7. The number of nitriles is 1. The fourth-order valence-corrected chi connectivity index (χ4v) is 5.12. The zero-order valence-corrected chi connectivity index (χ0v) is 22.9. The molecule has 4 aromatic rings. The van der Waals surface area contributed by atoms with E-state index in [1.807, 2.05) is 43.0 Å². The van der Waals surface area contributed by atoms with Crippen LogP contribution in [0.5, 0.6) is 5.88 Å². The third-order valence-corrected chi connectivity index (χ3v) is 7.70. The molecule has 0 saturated carbocycles. The first-order valence-corrected chi connectivity index (χ1v) is 13.3. The molecule has 198 valence electrons. The minimum Gasteiger partial charge on any atom is -0.474 e. The number of carbonyl (C=O) groups is 1. The van der Waals surface area contributed by atoms with Gasteiger partial charge in [0.15, 0.2) is 5.82 Å². The average molecular weight is 562 g/mol. The number of benzene rings is 2. The summed E-state index contributed by atoms with van der Waals surface area (Å²) in [5.41, 5.74) is 2.75. The summed E-state index contributed by atoms with van der Waals surface area (Å²) in [6.07, 6.45) is 1.87. The van der Waals surface area contributed by atoms with Gasteiger partial charge in [-0.25, -0.2) is 4.98 Å². The fourth-order valence-electron chi connectivity index (χ4n) is 4.81. The lowest BCUT2D eigenvalue weighted by molar-refractivity contribution is 0.0769. The number of aryl methyl sites for hydroxylation is 1. The number of likely N-dealkylation sites (tertiary alicyclic amines) is 1. The smallest absolute Gasteiger partial charge is 0.257 e. The van der Waals surface area contributed by atoms with Gasteiger partial charge in [0.25, 0.3) is 11.8 Å². The molecule has 1 aliphatic rings. The van der Waals surface area contributed by atoms with Crippen LogP contribution in [-0.4, -0.2) is 45.1 Å². The molecule has 0 aliphatic carbocycles. The maximum Gasteiger partial charge on any atom is 0.257 e. The van der Waals surface area contributed by atoms with Crippen LogP contribution in [0.4, 0.5) is 0 Å². The maximum absolute atomic E-state index is 13.6. The predicted molar refractivity (Wildman–Crippen MR) is 147 cm³/mol. The summed E-state index contributed by atoms with van der Waals surface area (Å²) < 4.78 is 11.5. The molecule has 10 heteroatoms. The molecule has 0 radical (unpaired) electrons. The Kier molecular flexibility index (Phi) is 7.82. The van der Waals surface area contributed by atoms with Crippen molar-refractivity contribution in [2.75, 3.05) is 13.1 Å². The molecule has 2 aromatic heterocycles. The lowest BCUT2D eigenvalue weighted by Crippen LogP contribution is -2.32. The van der Waals surface area contributed by atoms with Gasteiger partial charge in [-0.1, -0.05) is 41.3 Å². The summed E-state index contributed by atoms with van der Waals surface area (Å²) >= 11 is 12.5. The molecule has 3 atom stereocenters. The van der Waals surface area contributed by atoms with E-state index < -0.39 is 0 Å². The van der Waals surface area contributed by atoms with Gasteiger partial charge >= 0.3 is 0 Å². The predicted octanol–water partition coefficient (Wildman–Crippen LogP) is 6.20. The fraction of sp³-hybridized carbons (Fsp3) is 0.276. The van der Waals surface area contributed by atoms with Crippen LogP contribution < -0.4 is 4.74 Å². The number of carbonyl (C=O) groups excluding carboxylic acids is 1. The Morgan fingerprint density at radius 2 is 1.95 bits per heavy atom. The lowest BCUT2D eigenvalue weighted by atomic mass is 9.86. The van der Waals surface area contributed by atoms with Gasteiger partial charge in [-0.2, -0.15) is 10.2 Å². The van der Waals surface area contributed by atoms with Crippen molar-refractivity contribution >= 4 is 29.1 Å². The van der Waals surface area contributed by atoms with E-state index in [2.05, 4.69) is 21.2 Å². The van der Waals surface area contributed by atoms with Crippen molar-refractivity contribution in [3.05, 3.63) is 93.4 Å². The second-order valence-electron chi connectivity index (χ2n) is 9.42. The summed E-state index contributed by atoms with van der Waals surface area (Å²) in [6.45, 7) is 4.89. The van der Waals surface area contributed by atoms with Crippen molar-refractivity contribution in [3.63, 3.8) is 0 Å². The number of amides is 1. The molecule has 0 N–H and O–H groups in total. The standard InChI is InChI=1S/C29H25Cl2N5O3/c1-3-26-34-28(39-35-26)19-5-7-20(8-6-19)29(37)36-15-22(17(2)38-27-11-4-18(13-32)14-33-27)23(16-36)21-9-10-24(30)25(31)12-21/h4-12,14,17,22-23H,3,15-16H2,1-2H3. The SMILES string of the molecule is CCc1noc(-c2ccc(C(=O)N3CC(c4ccc(Cl)c(Cl)c4)C(C(C)Oc4ccc(C#N)cn4)C3)cc2)n1. The van der Waals surface area contributed by atoms with Crippen molar-refractivity contribution in [2.45, 2.75) is 32.3 Å². The summed E-state index contributed by atoms with van der Waals surface area (Å²) in [5, 5.41) is 13.9. The van der Waals surface area contributed by atoms with E-state index in [9.17, 15) is 4.79 Å². The molecule has 3 unspecified atom stereocenters. The van der Waals surface area contributed by atoms with Crippen LogP contribution >= 0.6 is 23.2 Å². The molecular weight excluding hydrogens is 537 g/mol. The quantitative estimate of drug-likeness (QED) is 0.264. The summed E-state index contributed by atoms with van der Waals surface area (Å²) in [4.78, 5) is 24.0. The van der Waals surface area contributed by atoms with Crippen molar-refractivity contribution in [1.82, 2.24) is 20.0 Å². The van der Waals surface area contributed by atoms with Crippen LogP contribution in [0.2, 0.25) is 10.0 Å². The third-order valence-electron chi connectivity index (χ3n) is 6.96. The largest absolute Gasteiger partial charge is 0.474 e. The Morgan fingerprint density at radius 1 is 1.15 bits per heavy atom. The van der Waals surface area contributed by atoms with Crippen LogP contribution in [0.15, 0.2) is 65.3 Å². The van der Waals surface area contributed by atoms with Gasteiger partial charge < -0.3 is 14.2 Å². The maximum atomic E-state index is 13.6. The Labute approximate surface area is 236 Å². The lowest BCUT2D eigenvalue weighted by Gasteiger charge is -2.25. The Bertz CT molecular complexity index is 1520.